The third kappa shape index (κ3) is 3.34. The average molecular weight is 332 g/mol. The Kier molecular flexibility index (Phi) is 4.82. The fourth-order valence-electron chi connectivity index (χ4n) is 5.74. The van der Waals surface area contributed by atoms with Gasteiger partial charge in [0.1, 0.15) is 0 Å². The van der Waals surface area contributed by atoms with Crippen LogP contribution >= 0.6 is 0 Å². The van der Waals surface area contributed by atoms with Gasteiger partial charge < -0.3 is 9.80 Å². The van der Waals surface area contributed by atoms with Crippen LogP contribution in [0.4, 0.5) is 0 Å². The second-order valence-corrected chi connectivity index (χ2v) is 8.68. The Morgan fingerprint density at radius 2 is 1.54 bits per heavy atom. The lowest BCUT2D eigenvalue weighted by molar-refractivity contribution is -0.143. The summed E-state index contributed by atoms with van der Waals surface area (Å²) in [4.78, 5) is 29.3. The Morgan fingerprint density at radius 3 is 2.17 bits per heavy atom. The van der Waals surface area contributed by atoms with Crippen LogP contribution in [0.15, 0.2) is 0 Å². The first kappa shape index (κ1) is 16.4. The van der Waals surface area contributed by atoms with E-state index in [1.165, 1.54) is 44.9 Å². The van der Waals surface area contributed by atoms with Crippen LogP contribution in [-0.2, 0) is 9.59 Å². The number of carbonyl (C=O) groups excluding carboxylic acids is 2. The SMILES string of the molecule is O=C(CCC1CCCC1)N1CCN(C(=O)C2CC3CCC2C3)CC1. The van der Waals surface area contributed by atoms with Gasteiger partial charge in [0.05, 0.1) is 0 Å². The molecule has 3 atom stereocenters. The van der Waals surface area contributed by atoms with Gasteiger partial charge in [-0.15, -0.1) is 0 Å². The molecule has 4 nitrogen and oxygen atoms in total. The van der Waals surface area contributed by atoms with Gasteiger partial charge in [0.15, 0.2) is 0 Å². The maximum absolute atomic E-state index is 12.8. The van der Waals surface area contributed by atoms with Crippen LogP contribution in [0.5, 0.6) is 0 Å². The largest absolute Gasteiger partial charge is 0.339 e. The predicted octanol–water partition coefficient (Wildman–Crippen LogP) is 3.06. The van der Waals surface area contributed by atoms with Crippen molar-refractivity contribution in [2.45, 2.75) is 64.2 Å². The van der Waals surface area contributed by atoms with Crippen LogP contribution in [0.25, 0.3) is 0 Å². The molecule has 0 radical (unpaired) electrons. The summed E-state index contributed by atoms with van der Waals surface area (Å²) < 4.78 is 0. The van der Waals surface area contributed by atoms with Gasteiger partial charge in [-0.1, -0.05) is 32.1 Å². The van der Waals surface area contributed by atoms with Crippen molar-refractivity contribution >= 4 is 11.8 Å². The standard InChI is InChI=1S/C20H32N2O2/c23-19(8-6-15-3-1-2-4-15)21-9-11-22(12-10-21)20(24)18-14-16-5-7-17(18)13-16/h15-18H,1-14H2. The molecule has 0 spiro atoms. The molecule has 4 rings (SSSR count). The lowest BCUT2D eigenvalue weighted by Gasteiger charge is -2.37. The van der Waals surface area contributed by atoms with Crippen LogP contribution in [0, 0.1) is 23.7 Å². The third-order valence-electron chi connectivity index (χ3n) is 7.24. The maximum atomic E-state index is 12.8. The number of fused-ring (bicyclic) bond motifs is 2. The molecular weight excluding hydrogens is 300 g/mol. The monoisotopic (exact) mass is 332 g/mol. The smallest absolute Gasteiger partial charge is 0.226 e. The average Bonchev–Trinajstić information content (AvgIpc) is 3.36. The molecular formula is C20H32N2O2. The van der Waals surface area contributed by atoms with Crippen molar-refractivity contribution < 1.29 is 9.59 Å². The van der Waals surface area contributed by atoms with Gasteiger partial charge in [-0.3, -0.25) is 9.59 Å². The van der Waals surface area contributed by atoms with Crippen LogP contribution in [-0.4, -0.2) is 47.8 Å². The van der Waals surface area contributed by atoms with Gasteiger partial charge in [0.2, 0.25) is 11.8 Å². The fraction of sp³-hybridized carbons (Fsp3) is 0.900. The number of rotatable bonds is 4. The van der Waals surface area contributed by atoms with Gasteiger partial charge in [0.25, 0.3) is 0 Å². The number of piperazine rings is 1. The van der Waals surface area contributed by atoms with Gasteiger partial charge in [-0.05, 0) is 43.4 Å². The molecule has 134 valence electrons. The van der Waals surface area contributed by atoms with Crippen molar-refractivity contribution in [2.75, 3.05) is 26.2 Å². The number of nitrogens with zero attached hydrogens (tertiary/aromatic N) is 2. The Bertz CT molecular complexity index is 478. The molecule has 0 aromatic rings. The first-order chi connectivity index (χ1) is 11.7. The molecule has 2 amide bonds. The third-order valence-corrected chi connectivity index (χ3v) is 7.24. The summed E-state index contributed by atoms with van der Waals surface area (Å²) in [5.74, 6) is 3.27. The minimum Gasteiger partial charge on any atom is -0.339 e. The quantitative estimate of drug-likeness (QED) is 0.794. The van der Waals surface area contributed by atoms with E-state index in [1.807, 2.05) is 9.80 Å². The summed E-state index contributed by atoms with van der Waals surface area (Å²) in [5.41, 5.74) is 0. The Hall–Kier alpha value is -1.06. The van der Waals surface area contributed by atoms with Gasteiger partial charge in [0, 0.05) is 38.5 Å². The van der Waals surface area contributed by atoms with E-state index in [1.54, 1.807) is 0 Å². The first-order valence-electron chi connectivity index (χ1n) is 10.3. The van der Waals surface area contributed by atoms with E-state index in [0.717, 1.165) is 50.9 Å². The zero-order chi connectivity index (χ0) is 16.5. The Morgan fingerprint density at radius 1 is 0.833 bits per heavy atom. The van der Waals surface area contributed by atoms with Crippen LogP contribution in [0.3, 0.4) is 0 Å². The van der Waals surface area contributed by atoms with Gasteiger partial charge >= 0.3 is 0 Å². The second-order valence-electron chi connectivity index (χ2n) is 8.68. The Labute approximate surface area is 145 Å². The van der Waals surface area contributed by atoms with Gasteiger partial charge in [-0.25, -0.2) is 0 Å². The van der Waals surface area contributed by atoms with Crippen molar-refractivity contribution in [3.05, 3.63) is 0 Å². The molecule has 3 aliphatic carbocycles. The fourth-order valence-corrected chi connectivity index (χ4v) is 5.74. The lowest BCUT2D eigenvalue weighted by Crippen LogP contribution is -2.52. The molecule has 2 bridgehead atoms. The molecule has 24 heavy (non-hydrogen) atoms. The predicted molar refractivity (Wildman–Crippen MR) is 93.3 cm³/mol. The van der Waals surface area contributed by atoms with E-state index in [9.17, 15) is 9.59 Å². The summed E-state index contributed by atoms with van der Waals surface area (Å²) in [7, 11) is 0. The van der Waals surface area contributed by atoms with Crippen LogP contribution in [0.1, 0.15) is 64.2 Å². The van der Waals surface area contributed by atoms with Gasteiger partial charge in [-0.2, -0.15) is 0 Å². The molecule has 0 aromatic carbocycles. The molecule has 3 unspecified atom stereocenters. The van der Waals surface area contributed by atoms with Crippen LogP contribution in [0.2, 0.25) is 0 Å². The molecule has 3 saturated carbocycles. The van der Waals surface area contributed by atoms with Crippen molar-refractivity contribution in [2.24, 2.45) is 23.7 Å². The number of amides is 2. The second kappa shape index (κ2) is 7.05. The minimum absolute atomic E-state index is 0.299. The molecule has 1 aliphatic heterocycles. The first-order valence-corrected chi connectivity index (χ1v) is 10.3. The van der Waals surface area contributed by atoms with Crippen molar-refractivity contribution in [1.82, 2.24) is 9.80 Å². The minimum atomic E-state index is 0.299. The number of carbonyl (C=O) groups is 2. The molecule has 4 aliphatic rings. The van der Waals surface area contributed by atoms with E-state index in [0.29, 0.717) is 30.1 Å². The molecule has 4 fully saturated rings. The van der Waals surface area contributed by atoms with E-state index < -0.39 is 0 Å². The highest BCUT2D eigenvalue weighted by Crippen LogP contribution is 2.48. The van der Waals surface area contributed by atoms with Crippen molar-refractivity contribution in [3.63, 3.8) is 0 Å². The van der Waals surface area contributed by atoms with E-state index in [-0.39, 0.29) is 0 Å². The normalized spacial score (nSPS) is 33.4. The maximum Gasteiger partial charge on any atom is 0.226 e. The molecule has 4 heteroatoms. The lowest BCUT2D eigenvalue weighted by atomic mass is 9.87. The highest BCUT2D eigenvalue weighted by Gasteiger charge is 2.44. The molecule has 1 saturated heterocycles. The topological polar surface area (TPSA) is 40.6 Å². The summed E-state index contributed by atoms with van der Waals surface area (Å²) in [6.07, 6.45) is 12.1. The molecule has 1 heterocycles. The van der Waals surface area contributed by atoms with Crippen LogP contribution < -0.4 is 0 Å². The summed E-state index contributed by atoms with van der Waals surface area (Å²) >= 11 is 0. The van der Waals surface area contributed by atoms with Crippen molar-refractivity contribution in [3.8, 4) is 0 Å². The highest BCUT2D eigenvalue weighted by molar-refractivity contribution is 5.80. The molecule has 0 N–H and O–H groups in total. The number of hydrogen-bond donors (Lipinski definition) is 0. The summed E-state index contributed by atoms with van der Waals surface area (Å²) in [6.45, 7) is 3.00. The summed E-state index contributed by atoms with van der Waals surface area (Å²) in [5, 5.41) is 0. The summed E-state index contributed by atoms with van der Waals surface area (Å²) in [6, 6.07) is 0. The van der Waals surface area contributed by atoms with E-state index in [2.05, 4.69) is 0 Å². The van der Waals surface area contributed by atoms with E-state index >= 15 is 0 Å². The highest BCUT2D eigenvalue weighted by atomic mass is 16.2. The zero-order valence-electron chi connectivity index (χ0n) is 14.9. The van der Waals surface area contributed by atoms with Crippen molar-refractivity contribution in [1.29, 1.82) is 0 Å². The van der Waals surface area contributed by atoms with E-state index in [4.69, 9.17) is 0 Å². The zero-order valence-corrected chi connectivity index (χ0v) is 14.9. The molecule has 0 aromatic heterocycles. The number of hydrogen-bond acceptors (Lipinski definition) is 2. The Balaban J connectivity index is 1.21.